The van der Waals surface area contributed by atoms with Gasteiger partial charge in [-0.05, 0) is 30.8 Å². The van der Waals surface area contributed by atoms with Crippen LogP contribution >= 0.6 is 0 Å². The van der Waals surface area contributed by atoms with Crippen molar-refractivity contribution in [2.45, 2.75) is 37.9 Å². The first-order valence-electron chi connectivity index (χ1n) is 7.26. The smallest absolute Gasteiger partial charge is 0.270 e. The molecule has 1 aliphatic rings. The van der Waals surface area contributed by atoms with Crippen LogP contribution in [0, 0.1) is 11.2 Å². The van der Waals surface area contributed by atoms with Crippen molar-refractivity contribution in [1.82, 2.24) is 9.55 Å². The molecule has 102 valence electrons. The Kier molecular flexibility index (Phi) is 3.59. The van der Waals surface area contributed by atoms with Crippen molar-refractivity contribution in [3.05, 3.63) is 34.9 Å². The lowest BCUT2D eigenvalue weighted by atomic mass is 9.37. The van der Waals surface area contributed by atoms with E-state index < -0.39 is 0 Å². The number of benzene rings is 1. The molecule has 1 fully saturated rings. The number of rotatable bonds is 1. The molecular formula is C15H15B2N3O. The van der Waals surface area contributed by atoms with Gasteiger partial charge in [-0.2, -0.15) is 0 Å². The molecule has 1 aliphatic heterocycles. The van der Waals surface area contributed by atoms with Gasteiger partial charge >= 0.3 is 0 Å². The summed E-state index contributed by atoms with van der Waals surface area (Å²) in [6, 6.07) is 5.31. The molecule has 2 atom stereocenters. The third-order valence-corrected chi connectivity index (χ3v) is 4.51. The molecule has 0 amide bonds. The summed E-state index contributed by atoms with van der Waals surface area (Å²) in [5.74, 6) is 2.67. The minimum Gasteiger partial charge on any atom is -0.296 e. The molecule has 2 radical (unpaired) electrons. The molecule has 21 heavy (non-hydrogen) atoms. The van der Waals surface area contributed by atoms with Crippen LogP contribution in [0.25, 0.3) is 10.9 Å². The summed E-state index contributed by atoms with van der Waals surface area (Å²) in [5.41, 5.74) is 1.22. The predicted molar refractivity (Wildman–Crippen MR) is 85.3 cm³/mol. The first kappa shape index (κ1) is 13.9. The molecule has 2 aromatic rings. The van der Waals surface area contributed by atoms with Gasteiger partial charge in [0.15, 0.2) is 0 Å². The Morgan fingerprint density at radius 2 is 2.33 bits per heavy atom. The van der Waals surface area contributed by atoms with E-state index in [0.29, 0.717) is 22.2 Å². The largest absolute Gasteiger partial charge is 0.296 e. The van der Waals surface area contributed by atoms with Gasteiger partial charge in [0.25, 0.3) is 12.3 Å². The van der Waals surface area contributed by atoms with E-state index in [4.69, 9.17) is 13.1 Å². The maximum absolute atomic E-state index is 12.6. The van der Waals surface area contributed by atoms with E-state index in [0.717, 1.165) is 19.2 Å². The zero-order valence-electron chi connectivity index (χ0n) is 12.0. The Labute approximate surface area is 125 Å². The van der Waals surface area contributed by atoms with E-state index in [1.54, 1.807) is 29.1 Å². The van der Waals surface area contributed by atoms with Gasteiger partial charge < -0.3 is 0 Å². The summed E-state index contributed by atoms with van der Waals surface area (Å²) in [6.07, 6.45) is 4.16. The fraction of sp³-hybridized carbons (Fsp3) is 0.400. The minimum atomic E-state index is -0.0207. The van der Waals surface area contributed by atoms with E-state index in [-0.39, 0.29) is 18.3 Å². The molecule has 2 unspecified atom stereocenters. The van der Waals surface area contributed by atoms with Gasteiger partial charge in [0.1, 0.15) is 7.85 Å². The summed E-state index contributed by atoms with van der Waals surface area (Å²) in [6.45, 7) is 2.19. The van der Waals surface area contributed by atoms with Crippen molar-refractivity contribution in [2.75, 3.05) is 0 Å². The number of hydrogen-bond acceptors (Lipinski definition) is 3. The zero-order chi connectivity index (χ0) is 15.0. The van der Waals surface area contributed by atoms with Gasteiger partial charge in [-0.1, -0.05) is 24.8 Å². The molecule has 1 aromatic carbocycles. The van der Waals surface area contributed by atoms with Crippen LogP contribution < -0.4 is 11.0 Å². The van der Waals surface area contributed by atoms with Crippen molar-refractivity contribution in [3.63, 3.8) is 0 Å². The van der Waals surface area contributed by atoms with E-state index in [1.165, 1.54) is 0 Å². The van der Waals surface area contributed by atoms with Crippen LogP contribution in [0.15, 0.2) is 29.3 Å². The fourth-order valence-electron chi connectivity index (χ4n) is 3.22. The summed E-state index contributed by atoms with van der Waals surface area (Å²) in [7, 11) is 5.72. The highest BCUT2D eigenvalue weighted by Gasteiger charge is 2.32. The third-order valence-electron chi connectivity index (χ3n) is 4.51. The van der Waals surface area contributed by atoms with Gasteiger partial charge in [-0.25, -0.2) is 10.2 Å². The lowest BCUT2D eigenvalue weighted by Gasteiger charge is -2.29. The summed E-state index contributed by atoms with van der Waals surface area (Å²) >= 11 is 0. The Morgan fingerprint density at radius 1 is 1.52 bits per heavy atom. The van der Waals surface area contributed by atoms with Crippen molar-refractivity contribution in [1.29, 1.82) is 5.26 Å². The maximum atomic E-state index is 12.6. The standard InChI is InChI=1S/C15H15B2N3O/c1-10-6-12(4-5-17(10)8-18)20-9-19-14-7-11(16)2-3-13(14)15(20)21/h2-3,7,9-10,12H,4-6H2,1H3. The molecule has 0 aliphatic carbocycles. The molecular weight excluding hydrogens is 260 g/mol. The average molecular weight is 275 g/mol. The number of nitriles is 1. The quantitative estimate of drug-likeness (QED) is 0.740. The first-order valence-corrected chi connectivity index (χ1v) is 7.26. The van der Waals surface area contributed by atoms with E-state index >= 15 is 0 Å². The van der Waals surface area contributed by atoms with Crippen LogP contribution in [0.2, 0.25) is 12.1 Å². The zero-order valence-corrected chi connectivity index (χ0v) is 12.0. The summed E-state index contributed by atoms with van der Waals surface area (Å²) in [5, 5.41) is 9.70. The van der Waals surface area contributed by atoms with Crippen molar-refractivity contribution in [3.8, 4) is 5.97 Å². The third kappa shape index (κ3) is 2.49. The Balaban J connectivity index is 1.99. The van der Waals surface area contributed by atoms with Crippen LogP contribution in [-0.4, -0.2) is 24.1 Å². The molecule has 1 aromatic heterocycles. The van der Waals surface area contributed by atoms with E-state index in [1.807, 2.05) is 0 Å². The minimum absolute atomic E-state index is 0.0207. The Hall–Kier alpha value is -2.02. The first-order chi connectivity index (χ1) is 10.1. The number of nitrogens with zero attached hydrogens (tertiary/aromatic N) is 3. The highest BCUT2D eigenvalue weighted by molar-refractivity contribution is 6.68. The van der Waals surface area contributed by atoms with Gasteiger partial charge in [0, 0.05) is 12.0 Å². The van der Waals surface area contributed by atoms with Crippen molar-refractivity contribution in [2.24, 2.45) is 0 Å². The van der Waals surface area contributed by atoms with Crippen LogP contribution in [0.5, 0.6) is 0 Å². The SMILES string of the molecule is [B]c1ccc2c(=O)n(C3CCB(C#N)C(C)C3)cnc2c1. The Bertz CT molecular complexity index is 781. The van der Waals surface area contributed by atoms with Crippen molar-refractivity contribution >= 4 is 30.9 Å². The monoisotopic (exact) mass is 275 g/mol. The Morgan fingerprint density at radius 3 is 3.05 bits per heavy atom. The molecule has 0 N–H and O–H groups in total. The van der Waals surface area contributed by atoms with Crippen LogP contribution in [0.4, 0.5) is 0 Å². The summed E-state index contributed by atoms with van der Waals surface area (Å²) in [4.78, 5) is 17.0. The van der Waals surface area contributed by atoms with Crippen LogP contribution in [0.1, 0.15) is 25.8 Å². The van der Waals surface area contributed by atoms with Crippen LogP contribution in [0.3, 0.4) is 0 Å². The molecule has 2 heterocycles. The molecule has 4 nitrogen and oxygen atoms in total. The van der Waals surface area contributed by atoms with E-state index in [9.17, 15) is 4.79 Å². The van der Waals surface area contributed by atoms with Gasteiger partial charge in [-0.15, -0.1) is 0 Å². The molecule has 0 saturated carbocycles. The van der Waals surface area contributed by atoms with Gasteiger partial charge in [-0.3, -0.25) is 9.36 Å². The topological polar surface area (TPSA) is 58.7 Å². The molecule has 0 bridgehead atoms. The molecule has 1 saturated heterocycles. The van der Waals surface area contributed by atoms with Gasteiger partial charge in [0.2, 0.25) is 0 Å². The number of aromatic nitrogens is 2. The van der Waals surface area contributed by atoms with Crippen molar-refractivity contribution < 1.29 is 0 Å². The van der Waals surface area contributed by atoms with Crippen LogP contribution in [-0.2, 0) is 0 Å². The number of hydrogen-bond donors (Lipinski definition) is 0. The second-order valence-corrected chi connectivity index (χ2v) is 5.91. The predicted octanol–water partition coefficient (Wildman–Crippen LogP) is 1.47. The normalized spacial score (nSPS) is 22.2. The second-order valence-electron chi connectivity index (χ2n) is 5.91. The fourth-order valence-corrected chi connectivity index (χ4v) is 3.22. The lowest BCUT2D eigenvalue weighted by molar-refractivity contribution is 0.413. The molecule has 6 heteroatoms. The lowest BCUT2D eigenvalue weighted by Crippen LogP contribution is -2.32. The highest BCUT2D eigenvalue weighted by Crippen LogP contribution is 2.35. The maximum Gasteiger partial charge on any atom is 0.270 e. The second kappa shape index (κ2) is 5.40. The molecule has 0 spiro atoms. The molecule has 3 rings (SSSR count). The number of fused-ring (bicyclic) bond motifs is 1. The highest BCUT2D eigenvalue weighted by atomic mass is 16.1. The van der Waals surface area contributed by atoms with Gasteiger partial charge in [0.05, 0.1) is 17.2 Å². The van der Waals surface area contributed by atoms with E-state index in [2.05, 4.69) is 17.9 Å². The summed E-state index contributed by atoms with van der Waals surface area (Å²) < 4.78 is 1.72. The average Bonchev–Trinajstić information content (AvgIpc) is 2.47.